The maximum Gasteiger partial charge on any atom is 0.431 e. The monoisotopic (exact) mass is 270 g/mol. The van der Waals surface area contributed by atoms with Gasteiger partial charge in [-0.3, -0.25) is 4.84 Å². The lowest BCUT2D eigenvalue weighted by Crippen LogP contribution is -2.34. The number of nitrogens with one attached hydrogen (secondary N) is 1. The number of hydrogen-bond acceptors (Lipinski definition) is 4. The molecule has 1 amide bonds. The maximum absolute atomic E-state index is 13.1. The van der Waals surface area contributed by atoms with Gasteiger partial charge < -0.3 is 10.5 Å². The zero-order valence-electron chi connectivity index (χ0n) is 11.3. The Balaban J connectivity index is 2.56. The molecule has 19 heavy (non-hydrogen) atoms. The lowest BCUT2D eigenvalue weighted by molar-refractivity contribution is -0.0404. The van der Waals surface area contributed by atoms with Crippen molar-refractivity contribution in [1.29, 1.82) is 0 Å². The molecule has 1 aromatic rings. The van der Waals surface area contributed by atoms with E-state index in [1.54, 1.807) is 32.9 Å². The Morgan fingerprint density at radius 3 is 2.68 bits per heavy atom. The molecule has 106 valence electrons. The molecule has 0 aromatic heterocycles. The van der Waals surface area contributed by atoms with Gasteiger partial charge in [0, 0.05) is 6.54 Å². The van der Waals surface area contributed by atoms with Gasteiger partial charge in [0.05, 0.1) is 0 Å². The summed E-state index contributed by atoms with van der Waals surface area (Å²) in [6, 6.07) is 5.83. The van der Waals surface area contributed by atoms with Crippen molar-refractivity contribution in [3.8, 4) is 0 Å². The lowest BCUT2D eigenvalue weighted by Gasteiger charge is -2.21. The third kappa shape index (κ3) is 5.67. The van der Waals surface area contributed by atoms with Crippen molar-refractivity contribution in [2.24, 2.45) is 5.73 Å². The average molecular weight is 270 g/mol. The Morgan fingerprint density at radius 2 is 2.16 bits per heavy atom. The first-order valence-corrected chi connectivity index (χ1v) is 5.92. The van der Waals surface area contributed by atoms with Gasteiger partial charge in [0.15, 0.2) is 0 Å². The van der Waals surface area contributed by atoms with E-state index in [1.807, 2.05) is 0 Å². The van der Waals surface area contributed by atoms with Crippen molar-refractivity contribution >= 4 is 6.09 Å². The molecule has 0 saturated carbocycles. The van der Waals surface area contributed by atoms with Gasteiger partial charge in [-0.25, -0.2) is 9.18 Å². The minimum Gasteiger partial charge on any atom is -0.442 e. The second-order valence-corrected chi connectivity index (χ2v) is 5.00. The summed E-state index contributed by atoms with van der Waals surface area (Å²) >= 11 is 0. The van der Waals surface area contributed by atoms with Crippen LogP contribution in [0.2, 0.25) is 0 Å². The summed E-state index contributed by atoms with van der Waals surface area (Å²) in [5.74, 6) is -0.392. The number of amides is 1. The van der Waals surface area contributed by atoms with Crippen LogP contribution in [0.15, 0.2) is 24.3 Å². The number of hydrogen-bond donors (Lipinski definition) is 2. The Kier molecular flexibility index (Phi) is 5.26. The molecule has 6 heteroatoms. The third-order valence-electron chi connectivity index (χ3n) is 2.12. The molecule has 1 aromatic carbocycles. The second kappa shape index (κ2) is 6.49. The van der Waals surface area contributed by atoms with Gasteiger partial charge in [-0.05, 0) is 38.5 Å². The van der Waals surface area contributed by atoms with E-state index in [-0.39, 0.29) is 6.54 Å². The fourth-order valence-corrected chi connectivity index (χ4v) is 1.38. The van der Waals surface area contributed by atoms with Gasteiger partial charge in [-0.1, -0.05) is 12.1 Å². The average Bonchev–Trinajstić information content (AvgIpc) is 2.27. The van der Waals surface area contributed by atoms with Gasteiger partial charge in [0.1, 0.15) is 17.5 Å². The second-order valence-electron chi connectivity index (χ2n) is 5.00. The van der Waals surface area contributed by atoms with E-state index in [4.69, 9.17) is 15.3 Å². The highest BCUT2D eigenvalue weighted by atomic mass is 19.1. The molecule has 0 radical (unpaired) electrons. The van der Waals surface area contributed by atoms with E-state index >= 15 is 0 Å². The van der Waals surface area contributed by atoms with Crippen LogP contribution in [0.25, 0.3) is 0 Å². The number of ether oxygens (including phenoxy) is 1. The molecule has 0 spiro atoms. The molecule has 0 heterocycles. The van der Waals surface area contributed by atoms with Crippen LogP contribution in [0.4, 0.5) is 9.18 Å². The topological polar surface area (TPSA) is 73.6 Å². The fourth-order valence-electron chi connectivity index (χ4n) is 1.38. The van der Waals surface area contributed by atoms with E-state index in [2.05, 4.69) is 5.48 Å². The standard InChI is InChI=1S/C13H19FN2O3/c1-13(2,3)18-12(17)16-19-11(8-15)9-5-4-6-10(14)7-9/h4-7,11H,8,15H2,1-3H3,(H,16,17). The first-order chi connectivity index (χ1) is 8.81. The lowest BCUT2D eigenvalue weighted by atomic mass is 10.1. The number of hydroxylamine groups is 1. The Bertz CT molecular complexity index is 432. The summed E-state index contributed by atoms with van der Waals surface area (Å²) in [5.41, 5.74) is 7.59. The van der Waals surface area contributed by atoms with Gasteiger partial charge in [-0.15, -0.1) is 0 Å². The summed E-state index contributed by atoms with van der Waals surface area (Å²) in [7, 11) is 0. The molecule has 1 atom stereocenters. The Hall–Kier alpha value is -1.66. The van der Waals surface area contributed by atoms with Crippen molar-refractivity contribution in [3.63, 3.8) is 0 Å². The highest BCUT2D eigenvalue weighted by Crippen LogP contribution is 2.16. The number of rotatable bonds is 4. The predicted molar refractivity (Wildman–Crippen MR) is 68.7 cm³/mol. The van der Waals surface area contributed by atoms with Gasteiger partial charge in [0.25, 0.3) is 0 Å². The summed E-state index contributed by atoms with van der Waals surface area (Å²) in [4.78, 5) is 16.5. The third-order valence-corrected chi connectivity index (χ3v) is 2.12. The van der Waals surface area contributed by atoms with Crippen LogP contribution in [0.1, 0.15) is 32.4 Å². The van der Waals surface area contributed by atoms with Gasteiger partial charge >= 0.3 is 6.09 Å². The minimum atomic E-state index is -0.720. The van der Waals surface area contributed by atoms with Crippen LogP contribution in [0.3, 0.4) is 0 Å². The fraction of sp³-hybridized carbons (Fsp3) is 0.462. The van der Waals surface area contributed by atoms with Crippen LogP contribution in [-0.2, 0) is 9.57 Å². The normalized spacial score (nSPS) is 12.9. The smallest absolute Gasteiger partial charge is 0.431 e. The first-order valence-electron chi connectivity index (χ1n) is 5.92. The molecule has 0 bridgehead atoms. The van der Waals surface area contributed by atoms with Crippen molar-refractivity contribution in [2.75, 3.05) is 6.54 Å². The molecule has 0 aliphatic rings. The largest absolute Gasteiger partial charge is 0.442 e. The van der Waals surface area contributed by atoms with Crippen molar-refractivity contribution in [2.45, 2.75) is 32.5 Å². The molecule has 0 aliphatic heterocycles. The van der Waals surface area contributed by atoms with E-state index in [0.29, 0.717) is 5.56 Å². The van der Waals surface area contributed by atoms with E-state index in [9.17, 15) is 9.18 Å². The SMILES string of the molecule is CC(C)(C)OC(=O)NOC(CN)c1cccc(F)c1. The summed E-state index contributed by atoms with van der Waals surface area (Å²) in [6.45, 7) is 5.30. The molecule has 1 rings (SSSR count). The van der Waals surface area contributed by atoms with E-state index < -0.39 is 23.6 Å². The Labute approximate surface area is 111 Å². The maximum atomic E-state index is 13.1. The van der Waals surface area contributed by atoms with Crippen molar-refractivity contribution < 1.29 is 18.8 Å². The minimum absolute atomic E-state index is 0.0965. The molecular formula is C13H19FN2O3. The predicted octanol–water partition coefficient (Wildman–Crippen LogP) is 2.28. The van der Waals surface area contributed by atoms with Crippen LogP contribution in [-0.4, -0.2) is 18.2 Å². The number of halogens is 1. The molecule has 0 aliphatic carbocycles. The molecule has 3 N–H and O–H groups in total. The van der Waals surface area contributed by atoms with Crippen LogP contribution in [0.5, 0.6) is 0 Å². The Morgan fingerprint density at radius 1 is 1.47 bits per heavy atom. The number of benzene rings is 1. The van der Waals surface area contributed by atoms with Crippen LogP contribution in [0, 0.1) is 5.82 Å². The molecule has 1 unspecified atom stereocenters. The van der Waals surface area contributed by atoms with Gasteiger partial charge in [-0.2, -0.15) is 5.48 Å². The summed E-state index contributed by atoms with van der Waals surface area (Å²) < 4.78 is 18.1. The van der Waals surface area contributed by atoms with E-state index in [0.717, 1.165) is 0 Å². The first kappa shape index (κ1) is 15.4. The zero-order valence-corrected chi connectivity index (χ0v) is 11.3. The van der Waals surface area contributed by atoms with Crippen LogP contribution >= 0.6 is 0 Å². The van der Waals surface area contributed by atoms with Crippen LogP contribution < -0.4 is 11.2 Å². The zero-order chi connectivity index (χ0) is 14.5. The summed E-state index contributed by atoms with van der Waals surface area (Å²) in [5, 5.41) is 0. The highest BCUT2D eigenvalue weighted by molar-refractivity contribution is 5.66. The molecule has 0 fully saturated rings. The highest BCUT2D eigenvalue weighted by Gasteiger charge is 2.18. The van der Waals surface area contributed by atoms with Gasteiger partial charge in [0.2, 0.25) is 0 Å². The van der Waals surface area contributed by atoms with Crippen molar-refractivity contribution in [1.82, 2.24) is 5.48 Å². The van der Waals surface area contributed by atoms with Crippen molar-refractivity contribution in [3.05, 3.63) is 35.6 Å². The summed E-state index contributed by atoms with van der Waals surface area (Å²) in [6.07, 6.45) is -1.36. The molecule has 0 saturated heterocycles. The number of carbonyl (C=O) groups is 1. The quantitative estimate of drug-likeness (QED) is 0.823. The molecule has 5 nitrogen and oxygen atoms in total. The molecular weight excluding hydrogens is 251 g/mol. The number of nitrogens with two attached hydrogens (primary N) is 1. The number of carbonyl (C=O) groups excluding carboxylic acids is 1. The van der Waals surface area contributed by atoms with E-state index in [1.165, 1.54) is 12.1 Å².